The molecule has 0 saturated carbocycles. The summed E-state index contributed by atoms with van der Waals surface area (Å²) in [5.41, 5.74) is 3.09. The van der Waals surface area contributed by atoms with Gasteiger partial charge in [0.2, 0.25) is 0 Å². The highest BCUT2D eigenvalue weighted by Gasteiger charge is 2.10. The fourth-order valence-corrected chi connectivity index (χ4v) is 2.44. The predicted octanol–water partition coefficient (Wildman–Crippen LogP) is 4.17. The first-order chi connectivity index (χ1) is 11.5. The number of para-hydroxylation sites is 1. The molecular formula is C19H15FN2O2. The summed E-state index contributed by atoms with van der Waals surface area (Å²) < 4.78 is 15.9. The maximum Gasteiger partial charge on any atom is 0.328 e. The van der Waals surface area contributed by atoms with Gasteiger partial charge in [0.15, 0.2) is 0 Å². The molecule has 0 saturated heterocycles. The third-order valence-corrected chi connectivity index (χ3v) is 3.68. The van der Waals surface area contributed by atoms with Crippen molar-refractivity contribution in [2.45, 2.75) is 6.92 Å². The van der Waals surface area contributed by atoms with Gasteiger partial charge in [0.1, 0.15) is 5.82 Å². The van der Waals surface area contributed by atoms with Gasteiger partial charge in [0, 0.05) is 23.4 Å². The topological polar surface area (TPSA) is 55.1 Å². The summed E-state index contributed by atoms with van der Waals surface area (Å²) in [7, 11) is 0. The van der Waals surface area contributed by atoms with Gasteiger partial charge >= 0.3 is 5.97 Å². The Morgan fingerprint density at radius 1 is 1.21 bits per heavy atom. The number of halogens is 1. The van der Waals surface area contributed by atoms with Crippen LogP contribution in [0.5, 0.6) is 0 Å². The van der Waals surface area contributed by atoms with E-state index in [9.17, 15) is 9.18 Å². The molecule has 1 aromatic heterocycles. The van der Waals surface area contributed by atoms with Crippen molar-refractivity contribution in [3.63, 3.8) is 0 Å². The molecule has 0 atom stereocenters. The second-order valence-electron chi connectivity index (χ2n) is 5.37. The number of benzene rings is 2. The van der Waals surface area contributed by atoms with Gasteiger partial charge in [-0.1, -0.05) is 24.3 Å². The highest BCUT2D eigenvalue weighted by molar-refractivity contribution is 5.90. The Bertz CT molecular complexity index is 914. The molecule has 4 nitrogen and oxygen atoms in total. The zero-order valence-electron chi connectivity index (χ0n) is 13.0. The van der Waals surface area contributed by atoms with E-state index >= 15 is 0 Å². The van der Waals surface area contributed by atoms with Crippen molar-refractivity contribution < 1.29 is 14.3 Å². The molecule has 0 aliphatic rings. The van der Waals surface area contributed by atoms with Gasteiger partial charge in [0.25, 0.3) is 0 Å². The van der Waals surface area contributed by atoms with Crippen molar-refractivity contribution in [3.8, 4) is 16.8 Å². The lowest BCUT2D eigenvalue weighted by atomic mass is 10.0. The molecule has 0 bridgehead atoms. The number of carbonyl (C=O) groups is 1. The molecule has 0 aliphatic carbocycles. The first-order valence-electron chi connectivity index (χ1n) is 7.36. The van der Waals surface area contributed by atoms with Crippen LogP contribution in [0.25, 0.3) is 22.4 Å². The SMILES string of the molecule is C/C(=C\C(=O)O)c1ccc(F)c(-c2cnn(-c3ccccc3)c2)c1. The minimum Gasteiger partial charge on any atom is -0.478 e. The Kier molecular flexibility index (Phi) is 4.24. The van der Waals surface area contributed by atoms with E-state index in [1.165, 1.54) is 6.07 Å². The number of rotatable bonds is 4. The second-order valence-corrected chi connectivity index (χ2v) is 5.37. The van der Waals surface area contributed by atoms with E-state index in [0.717, 1.165) is 11.8 Å². The average Bonchev–Trinajstić information content (AvgIpc) is 3.05. The molecule has 0 spiro atoms. The first kappa shape index (κ1) is 15.7. The summed E-state index contributed by atoms with van der Waals surface area (Å²) in [5.74, 6) is -1.41. The van der Waals surface area contributed by atoms with Crippen LogP contribution in [-0.2, 0) is 4.79 Å². The Hall–Kier alpha value is -3.21. The monoisotopic (exact) mass is 322 g/mol. The molecule has 5 heteroatoms. The molecule has 3 aromatic rings. The standard InChI is InChI=1S/C19H15FN2O2/c1-13(9-19(23)24)14-7-8-18(20)17(10-14)15-11-21-22(12-15)16-5-3-2-4-6-16/h2-12H,1H3,(H,23,24)/b13-9+. The maximum atomic E-state index is 14.2. The van der Waals surface area contributed by atoms with Gasteiger partial charge in [-0.25, -0.2) is 13.9 Å². The second kappa shape index (κ2) is 6.50. The summed E-state index contributed by atoms with van der Waals surface area (Å²) >= 11 is 0. The van der Waals surface area contributed by atoms with E-state index in [1.54, 1.807) is 36.1 Å². The van der Waals surface area contributed by atoms with Gasteiger partial charge < -0.3 is 5.11 Å². The van der Waals surface area contributed by atoms with Crippen LogP contribution in [-0.4, -0.2) is 20.9 Å². The van der Waals surface area contributed by atoms with Crippen molar-refractivity contribution in [2.24, 2.45) is 0 Å². The van der Waals surface area contributed by atoms with Crippen molar-refractivity contribution in [1.29, 1.82) is 0 Å². The van der Waals surface area contributed by atoms with Crippen LogP contribution in [0, 0.1) is 5.82 Å². The lowest BCUT2D eigenvalue weighted by Crippen LogP contribution is -1.93. The number of allylic oxidation sites excluding steroid dienone is 1. The van der Waals surface area contributed by atoms with Crippen molar-refractivity contribution in [2.75, 3.05) is 0 Å². The van der Waals surface area contributed by atoms with E-state index in [1.807, 2.05) is 30.3 Å². The van der Waals surface area contributed by atoms with Gasteiger partial charge in [-0.2, -0.15) is 5.10 Å². The Balaban J connectivity index is 2.01. The van der Waals surface area contributed by atoms with Crippen LogP contribution in [0.3, 0.4) is 0 Å². The number of hydrogen-bond donors (Lipinski definition) is 1. The number of hydrogen-bond acceptors (Lipinski definition) is 2. The number of carboxylic acids is 1. The molecule has 0 unspecified atom stereocenters. The normalized spacial score (nSPS) is 11.5. The largest absolute Gasteiger partial charge is 0.478 e. The van der Waals surface area contributed by atoms with Crippen molar-refractivity contribution in [1.82, 2.24) is 9.78 Å². The number of aliphatic carboxylic acids is 1. The van der Waals surface area contributed by atoms with Gasteiger partial charge in [-0.15, -0.1) is 0 Å². The minimum atomic E-state index is -1.03. The fraction of sp³-hybridized carbons (Fsp3) is 0.0526. The van der Waals surface area contributed by atoms with Crippen LogP contribution in [0.15, 0.2) is 67.0 Å². The van der Waals surface area contributed by atoms with Crippen LogP contribution in [0.4, 0.5) is 4.39 Å². The van der Waals surface area contributed by atoms with Crippen LogP contribution >= 0.6 is 0 Å². The maximum absolute atomic E-state index is 14.2. The summed E-state index contributed by atoms with van der Waals surface area (Å²) in [6.07, 6.45) is 4.43. The van der Waals surface area contributed by atoms with Crippen LogP contribution < -0.4 is 0 Å². The molecule has 3 rings (SSSR count). The molecule has 1 N–H and O–H groups in total. The molecule has 0 aliphatic heterocycles. The molecule has 0 amide bonds. The lowest BCUT2D eigenvalue weighted by molar-refractivity contribution is -0.131. The lowest BCUT2D eigenvalue weighted by Gasteiger charge is -2.05. The van der Waals surface area contributed by atoms with Crippen molar-refractivity contribution >= 4 is 11.5 Å². The summed E-state index contributed by atoms with van der Waals surface area (Å²) in [5, 5.41) is 13.1. The van der Waals surface area contributed by atoms with Gasteiger partial charge in [-0.3, -0.25) is 0 Å². The average molecular weight is 322 g/mol. The molecule has 0 fully saturated rings. The van der Waals surface area contributed by atoms with Gasteiger partial charge in [0.05, 0.1) is 11.9 Å². The zero-order valence-corrected chi connectivity index (χ0v) is 13.0. The fourth-order valence-electron chi connectivity index (χ4n) is 2.44. The molecule has 1 heterocycles. The molecule has 24 heavy (non-hydrogen) atoms. The Morgan fingerprint density at radius 2 is 1.96 bits per heavy atom. The predicted molar refractivity (Wildman–Crippen MR) is 90.2 cm³/mol. The van der Waals surface area contributed by atoms with Gasteiger partial charge in [-0.05, 0) is 42.3 Å². The smallest absolute Gasteiger partial charge is 0.328 e. The van der Waals surface area contributed by atoms with E-state index in [-0.39, 0.29) is 5.82 Å². The summed E-state index contributed by atoms with van der Waals surface area (Å²) in [6.45, 7) is 1.68. The highest BCUT2D eigenvalue weighted by Crippen LogP contribution is 2.27. The highest BCUT2D eigenvalue weighted by atomic mass is 19.1. The quantitative estimate of drug-likeness (QED) is 0.734. The molecule has 2 aromatic carbocycles. The van der Waals surface area contributed by atoms with Crippen LogP contribution in [0.2, 0.25) is 0 Å². The Morgan fingerprint density at radius 3 is 2.67 bits per heavy atom. The van der Waals surface area contributed by atoms with E-state index in [4.69, 9.17) is 5.11 Å². The summed E-state index contributed by atoms with van der Waals surface area (Å²) in [6, 6.07) is 14.1. The molecule has 120 valence electrons. The van der Waals surface area contributed by atoms with E-state index in [0.29, 0.717) is 22.3 Å². The number of nitrogens with zero attached hydrogens (tertiary/aromatic N) is 2. The summed E-state index contributed by atoms with van der Waals surface area (Å²) in [4.78, 5) is 10.8. The number of aromatic nitrogens is 2. The molecule has 0 radical (unpaired) electrons. The van der Waals surface area contributed by atoms with E-state index in [2.05, 4.69) is 5.10 Å². The number of carboxylic acid groups (broad SMARTS) is 1. The first-order valence-corrected chi connectivity index (χ1v) is 7.36. The molecular weight excluding hydrogens is 307 g/mol. The zero-order chi connectivity index (χ0) is 17.1. The minimum absolute atomic E-state index is 0.380. The third-order valence-electron chi connectivity index (χ3n) is 3.68. The van der Waals surface area contributed by atoms with E-state index < -0.39 is 5.97 Å². The Labute approximate surface area is 138 Å². The third kappa shape index (κ3) is 3.25. The van der Waals surface area contributed by atoms with Crippen LogP contribution in [0.1, 0.15) is 12.5 Å². The van der Waals surface area contributed by atoms with Crippen molar-refractivity contribution in [3.05, 3.63) is 78.4 Å².